The fraction of sp³-hybridized carbons (Fsp3) is 0.316. The molecule has 3 N–H and O–H groups in total. The number of anilines is 1. The first kappa shape index (κ1) is 16.5. The zero-order valence-corrected chi connectivity index (χ0v) is 14.4. The largest absolute Gasteiger partial charge is 0.344 e. The van der Waals surface area contributed by atoms with Crippen LogP contribution in [-0.4, -0.2) is 15.8 Å². The molecule has 2 aliphatic rings. The Balaban J connectivity index is 2.00. The molecule has 4 rings (SSSR count). The van der Waals surface area contributed by atoms with E-state index in [0.717, 1.165) is 0 Å². The number of Topliss-reactive ketones (excluding diaryl/α,β-unsaturated/α-hetero) is 1. The molecule has 2 heterocycles. The minimum absolute atomic E-state index is 0.0469. The molecule has 1 unspecified atom stereocenters. The topological polar surface area (TPSA) is 94.8 Å². The van der Waals surface area contributed by atoms with Crippen LogP contribution in [0.1, 0.15) is 43.7 Å². The van der Waals surface area contributed by atoms with Crippen LogP contribution in [0.2, 0.25) is 0 Å². The molecule has 0 radical (unpaired) electrons. The van der Waals surface area contributed by atoms with Gasteiger partial charge >= 0.3 is 5.69 Å². The molecule has 0 saturated carbocycles. The summed E-state index contributed by atoms with van der Waals surface area (Å²) >= 11 is 0. The number of allylic oxidation sites excluding steroid dienone is 2. The zero-order chi connectivity index (χ0) is 18.6. The molecule has 26 heavy (non-hydrogen) atoms. The third kappa shape index (κ3) is 2.60. The first-order chi connectivity index (χ1) is 12.2. The van der Waals surface area contributed by atoms with E-state index in [-0.39, 0.29) is 22.6 Å². The van der Waals surface area contributed by atoms with Gasteiger partial charge in [0.1, 0.15) is 11.6 Å². The van der Waals surface area contributed by atoms with Crippen LogP contribution in [0.4, 0.5) is 10.2 Å². The van der Waals surface area contributed by atoms with Gasteiger partial charge in [-0.3, -0.25) is 19.6 Å². The average molecular weight is 355 g/mol. The molecule has 0 fully saturated rings. The SMILES string of the molecule is CC1(C)CC(=O)C2=C(C1)Nc1[nH]c(=O)[nH]c(=O)c1C2c1ccc(F)cc1. The molecule has 0 saturated heterocycles. The molecule has 134 valence electrons. The lowest BCUT2D eigenvalue weighted by atomic mass is 9.69. The number of carbonyl (C=O) groups excluding carboxylic acids is 1. The lowest BCUT2D eigenvalue weighted by Crippen LogP contribution is -2.38. The normalized spacial score (nSPS) is 21.0. The Morgan fingerprint density at radius 3 is 2.42 bits per heavy atom. The number of halogens is 1. The van der Waals surface area contributed by atoms with Gasteiger partial charge in [0.25, 0.3) is 5.56 Å². The van der Waals surface area contributed by atoms with Gasteiger partial charge in [-0.1, -0.05) is 26.0 Å². The highest BCUT2D eigenvalue weighted by molar-refractivity contribution is 6.01. The number of rotatable bonds is 1. The van der Waals surface area contributed by atoms with Gasteiger partial charge < -0.3 is 5.32 Å². The number of nitrogens with one attached hydrogen (secondary N) is 3. The van der Waals surface area contributed by atoms with Crippen LogP contribution in [0.25, 0.3) is 0 Å². The van der Waals surface area contributed by atoms with Crippen molar-refractivity contribution in [2.24, 2.45) is 5.41 Å². The van der Waals surface area contributed by atoms with Crippen molar-refractivity contribution in [1.82, 2.24) is 9.97 Å². The lowest BCUT2D eigenvalue weighted by Gasteiger charge is -2.38. The molecule has 0 amide bonds. The van der Waals surface area contributed by atoms with Crippen molar-refractivity contribution in [1.29, 1.82) is 0 Å². The Kier molecular flexibility index (Phi) is 3.50. The summed E-state index contributed by atoms with van der Waals surface area (Å²) in [6, 6.07) is 5.73. The maximum Gasteiger partial charge on any atom is 0.327 e. The van der Waals surface area contributed by atoms with Gasteiger partial charge in [0.15, 0.2) is 5.78 Å². The van der Waals surface area contributed by atoms with Gasteiger partial charge in [0.2, 0.25) is 0 Å². The second kappa shape index (κ2) is 5.52. The maximum absolute atomic E-state index is 13.4. The van der Waals surface area contributed by atoms with E-state index in [1.54, 1.807) is 12.1 Å². The average Bonchev–Trinajstić information content (AvgIpc) is 2.52. The van der Waals surface area contributed by atoms with E-state index in [0.29, 0.717) is 29.7 Å². The number of hydrogen-bond donors (Lipinski definition) is 3. The predicted octanol–water partition coefficient (Wildman–Crippen LogP) is 2.40. The van der Waals surface area contributed by atoms with Gasteiger partial charge in [-0.15, -0.1) is 0 Å². The number of aromatic amines is 2. The van der Waals surface area contributed by atoms with Gasteiger partial charge in [-0.05, 0) is 29.5 Å². The quantitative estimate of drug-likeness (QED) is 0.732. The van der Waals surface area contributed by atoms with Crippen LogP contribution in [0.5, 0.6) is 0 Å². The van der Waals surface area contributed by atoms with Gasteiger partial charge in [0, 0.05) is 23.6 Å². The third-order valence-corrected chi connectivity index (χ3v) is 4.96. The van der Waals surface area contributed by atoms with Gasteiger partial charge in [0.05, 0.1) is 5.56 Å². The van der Waals surface area contributed by atoms with E-state index >= 15 is 0 Å². The molecule has 1 aliphatic heterocycles. The summed E-state index contributed by atoms with van der Waals surface area (Å²) in [5.41, 5.74) is 0.708. The summed E-state index contributed by atoms with van der Waals surface area (Å²) in [5, 5.41) is 3.09. The van der Waals surface area contributed by atoms with Gasteiger partial charge in [-0.2, -0.15) is 0 Å². The number of H-pyrrole nitrogens is 2. The standard InChI is InChI=1S/C19H18FN3O3/c1-19(2)7-11-14(12(24)8-19)13(9-3-5-10(20)6-4-9)15-16(21-11)22-18(26)23-17(15)25/h3-6,13H,7-8H2,1-2H3,(H3,21,22,23,25,26). The van der Waals surface area contributed by atoms with Crippen LogP contribution in [-0.2, 0) is 4.79 Å². The Morgan fingerprint density at radius 2 is 1.73 bits per heavy atom. The van der Waals surface area contributed by atoms with Crippen molar-refractivity contribution in [3.05, 3.63) is 73.3 Å². The van der Waals surface area contributed by atoms with E-state index in [4.69, 9.17) is 0 Å². The van der Waals surface area contributed by atoms with E-state index in [2.05, 4.69) is 15.3 Å². The molecule has 7 heteroatoms. The number of ketones is 1. The number of benzene rings is 1. The minimum atomic E-state index is -0.647. The molecule has 0 bridgehead atoms. The summed E-state index contributed by atoms with van der Waals surface area (Å²) < 4.78 is 13.4. The maximum atomic E-state index is 13.4. The highest BCUT2D eigenvalue weighted by Crippen LogP contribution is 2.47. The van der Waals surface area contributed by atoms with E-state index in [1.165, 1.54) is 12.1 Å². The summed E-state index contributed by atoms with van der Waals surface area (Å²) in [6.07, 6.45) is 0.974. The summed E-state index contributed by atoms with van der Waals surface area (Å²) in [4.78, 5) is 42.0. The molecule has 6 nitrogen and oxygen atoms in total. The minimum Gasteiger partial charge on any atom is -0.344 e. The molecular formula is C19H18FN3O3. The van der Waals surface area contributed by atoms with Crippen molar-refractivity contribution < 1.29 is 9.18 Å². The van der Waals surface area contributed by atoms with Crippen LogP contribution in [0.15, 0.2) is 45.1 Å². The molecule has 2 aromatic rings. The Labute approximate surface area is 148 Å². The highest BCUT2D eigenvalue weighted by Gasteiger charge is 2.42. The van der Waals surface area contributed by atoms with Crippen LogP contribution < -0.4 is 16.6 Å². The molecule has 1 aliphatic carbocycles. The smallest absolute Gasteiger partial charge is 0.327 e. The Bertz CT molecular complexity index is 1060. The fourth-order valence-corrected chi connectivity index (χ4v) is 3.94. The number of aromatic nitrogens is 2. The van der Waals surface area contributed by atoms with E-state index in [9.17, 15) is 18.8 Å². The van der Waals surface area contributed by atoms with E-state index in [1.807, 2.05) is 13.8 Å². The lowest BCUT2D eigenvalue weighted by molar-refractivity contribution is -0.118. The van der Waals surface area contributed by atoms with Crippen molar-refractivity contribution in [3.8, 4) is 0 Å². The van der Waals surface area contributed by atoms with E-state index < -0.39 is 23.0 Å². The van der Waals surface area contributed by atoms with Crippen molar-refractivity contribution in [2.45, 2.75) is 32.6 Å². The number of fused-ring (bicyclic) bond motifs is 1. The number of carbonyl (C=O) groups is 1. The Hall–Kier alpha value is -2.96. The first-order valence-corrected chi connectivity index (χ1v) is 8.40. The highest BCUT2D eigenvalue weighted by atomic mass is 19.1. The summed E-state index contributed by atoms with van der Waals surface area (Å²) in [5.74, 6) is -0.804. The van der Waals surface area contributed by atoms with Crippen LogP contribution in [0.3, 0.4) is 0 Å². The van der Waals surface area contributed by atoms with Crippen molar-refractivity contribution >= 4 is 11.6 Å². The monoisotopic (exact) mass is 355 g/mol. The third-order valence-electron chi connectivity index (χ3n) is 4.96. The second-order valence-corrected chi connectivity index (χ2v) is 7.64. The molecule has 1 atom stereocenters. The Morgan fingerprint density at radius 1 is 1.04 bits per heavy atom. The molecular weight excluding hydrogens is 337 g/mol. The number of hydrogen-bond acceptors (Lipinski definition) is 4. The van der Waals surface area contributed by atoms with Crippen molar-refractivity contribution in [2.75, 3.05) is 5.32 Å². The van der Waals surface area contributed by atoms with Crippen LogP contribution >= 0.6 is 0 Å². The van der Waals surface area contributed by atoms with Gasteiger partial charge in [-0.25, -0.2) is 9.18 Å². The predicted molar refractivity (Wildman–Crippen MR) is 94.6 cm³/mol. The second-order valence-electron chi connectivity index (χ2n) is 7.64. The summed E-state index contributed by atoms with van der Waals surface area (Å²) in [7, 11) is 0. The molecule has 0 spiro atoms. The molecule has 1 aromatic heterocycles. The first-order valence-electron chi connectivity index (χ1n) is 8.40. The summed E-state index contributed by atoms with van der Waals surface area (Å²) in [6.45, 7) is 4.00. The molecule has 1 aromatic carbocycles. The van der Waals surface area contributed by atoms with Crippen LogP contribution in [0, 0.1) is 11.2 Å². The fourth-order valence-electron chi connectivity index (χ4n) is 3.94. The van der Waals surface area contributed by atoms with Crippen molar-refractivity contribution in [3.63, 3.8) is 0 Å². The zero-order valence-electron chi connectivity index (χ0n) is 14.4.